The van der Waals surface area contributed by atoms with Crippen LogP contribution in [0.25, 0.3) is 11.2 Å². The number of fused-ring (bicyclic) bond motifs is 1. The van der Waals surface area contributed by atoms with E-state index in [1.165, 1.54) is 6.92 Å². The second kappa shape index (κ2) is 9.07. The van der Waals surface area contributed by atoms with Crippen LogP contribution in [0.5, 0.6) is 5.75 Å². The molecule has 168 valence electrons. The number of aromatic nitrogens is 4. The van der Waals surface area contributed by atoms with Crippen LogP contribution < -0.4 is 15.3 Å². The highest BCUT2D eigenvalue weighted by molar-refractivity contribution is 7.52. The van der Waals surface area contributed by atoms with Crippen molar-refractivity contribution in [3.05, 3.63) is 55.0 Å². The Morgan fingerprint density at radius 2 is 2.12 bits per heavy atom. The molecule has 2 heterocycles. The van der Waals surface area contributed by atoms with Gasteiger partial charge in [0.1, 0.15) is 17.3 Å². The third-order valence-corrected chi connectivity index (χ3v) is 6.63. The van der Waals surface area contributed by atoms with E-state index in [0.717, 1.165) is 0 Å². The average molecular weight is 458 g/mol. The molecule has 4 atom stereocenters. The Balaban J connectivity index is 1.44. The third-order valence-electron chi connectivity index (χ3n) is 4.99. The fraction of sp³-hybridized carbons (Fsp3) is 0.300. The molecule has 0 amide bonds. The van der Waals surface area contributed by atoms with Crippen LogP contribution in [0.1, 0.15) is 19.4 Å². The number of carboxylic acids is 1. The van der Waals surface area contributed by atoms with Gasteiger partial charge < -0.3 is 19.9 Å². The fourth-order valence-corrected chi connectivity index (χ4v) is 4.91. The number of imidazole rings is 1. The lowest BCUT2D eigenvalue weighted by Crippen LogP contribution is -2.33. The topological polar surface area (TPSA) is 154 Å². The standard InChI is InChI=1S/C20H23N6O5P/c1-13(19(27)28)25-32(29,31-16-5-3-2-4-6-16)30-11-14-7-8-15(9-14)26-12-23-17-10-22-20(21)24-18(17)26/h2-8,10,12-15H,9,11H2,1H3,(H,25,29)(H,27,28)(H2,21,22,24)/t13-,14+,15-,32?/m0/s1. The van der Waals surface area contributed by atoms with E-state index < -0.39 is 19.8 Å². The van der Waals surface area contributed by atoms with Crippen molar-refractivity contribution in [2.45, 2.75) is 25.4 Å². The van der Waals surface area contributed by atoms with Gasteiger partial charge in [0.25, 0.3) is 0 Å². The molecule has 4 N–H and O–H groups in total. The number of nitrogens with two attached hydrogens (primary N) is 1. The molecule has 0 bridgehead atoms. The maximum atomic E-state index is 13.3. The minimum Gasteiger partial charge on any atom is -0.480 e. The maximum Gasteiger partial charge on any atom is 0.459 e. The van der Waals surface area contributed by atoms with E-state index in [-0.39, 0.29) is 24.5 Å². The summed E-state index contributed by atoms with van der Waals surface area (Å²) >= 11 is 0. The molecule has 1 unspecified atom stereocenters. The number of allylic oxidation sites excluding steroid dienone is 1. The van der Waals surface area contributed by atoms with Crippen molar-refractivity contribution in [3.63, 3.8) is 0 Å². The highest BCUT2D eigenvalue weighted by atomic mass is 31.2. The molecule has 0 fully saturated rings. The highest BCUT2D eigenvalue weighted by Crippen LogP contribution is 2.46. The molecule has 32 heavy (non-hydrogen) atoms. The van der Waals surface area contributed by atoms with Crippen LogP contribution in [0.15, 0.2) is 55.0 Å². The first-order valence-electron chi connectivity index (χ1n) is 9.96. The van der Waals surface area contributed by atoms with E-state index in [1.807, 2.05) is 16.7 Å². The van der Waals surface area contributed by atoms with Crippen molar-refractivity contribution in [3.8, 4) is 5.75 Å². The Morgan fingerprint density at radius 3 is 2.88 bits per heavy atom. The summed E-state index contributed by atoms with van der Waals surface area (Å²) in [6.07, 6.45) is 7.84. The van der Waals surface area contributed by atoms with Crippen molar-refractivity contribution in [2.75, 3.05) is 12.3 Å². The zero-order chi connectivity index (χ0) is 22.7. The Hall–Kier alpha value is -3.27. The van der Waals surface area contributed by atoms with Crippen LogP contribution in [-0.2, 0) is 13.9 Å². The monoisotopic (exact) mass is 458 g/mol. The summed E-state index contributed by atoms with van der Waals surface area (Å²) in [4.78, 5) is 23.8. The molecule has 0 spiro atoms. The highest BCUT2D eigenvalue weighted by Gasteiger charge is 2.33. The molecule has 12 heteroatoms. The summed E-state index contributed by atoms with van der Waals surface area (Å²) in [5, 5.41) is 11.7. The zero-order valence-corrected chi connectivity index (χ0v) is 18.1. The number of aliphatic carboxylic acids is 1. The maximum absolute atomic E-state index is 13.3. The van der Waals surface area contributed by atoms with E-state index in [2.05, 4.69) is 20.0 Å². The van der Waals surface area contributed by atoms with Crippen molar-refractivity contribution in [1.82, 2.24) is 24.6 Å². The summed E-state index contributed by atoms with van der Waals surface area (Å²) in [6, 6.07) is 7.29. The molecule has 0 radical (unpaired) electrons. The Labute approximate surface area is 183 Å². The summed E-state index contributed by atoms with van der Waals surface area (Å²) in [5.41, 5.74) is 6.97. The quantitative estimate of drug-likeness (QED) is 0.322. The van der Waals surface area contributed by atoms with E-state index in [9.17, 15) is 14.5 Å². The predicted octanol–water partition coefficient (Wildman–Crippen LogP) is 2.79. The first kappa shape index (κ1) is 21.9. The second-order valence-corrected chi connectivity index (χ2v) is 9.12. The molecular formula is C20H23N6O5P. The van der Waals surface area contributed by atoms with Crippen LogP contribution in [-0.4, -0.2) is 43.2 Å². The number of carboxylic acid groups (broad SMARTS) is 1. The summed E-state index contributed by atoms with van der Waals surface area (Å²) in [5.74, 6) is -0.771. The minimum absolute atomic E-state index is 0.0387. The first-order valence-corrected chi connectivity index (χ1v) is 11.5. The van der Waals surface area contributed by atoms with Gasteiger partial charge in [-0.15, -0.1) is 0 Å². The van der Waals surface area contributed by atoms with Gasteiger partial charge in [0.2, 0.25) is 5.95 Å². The number of rotatable bonds is 9. The third kappa shape index (κ3) is 4.96. The van der Waals surface area contributed by atoms with Gasteiger partial charge in [-0.25, -0.2) is 14.5 Å². The van der Waals surface area contributed by atoms with Crippen LogP contribution in [0.2, 0.25) is 0 Å². The molecule has 11 nitrogen and oxygen atoms in total. The van der Waals surface area contributed by atoms with Crippen molar-refractivity contribution in [1.29, 1.82) is 0 Å². The van der Waals surface area contributed by atoms with Gasteiger partial charge in [-0.1, -0.05) is 30.4 Å². The zero-order valence-electron chi connectivity index (χ0n) is 17.2. The number of para-hydroxylation sites is 1. The summed E-state index contributed by atoms with van der Waals surface area (Å²) in [7, 11) is -3.95. The number of anilines is 1. The molecule has 1 aromatic carbocycles. The second-order valence-electron chi connectivity index (χ2n) is 7.42. The Bertz CT molecular complexity index is 1180. The number of nitrogens with zero attached hydrogens (tertiary/aromatic N) is 4. The molecule has 0 aliphatic heterocycles. The van der Waals surface area contributed by atoms with Crippen LogP contribution in [0.3, 0.4) is 0 Å². The van der Waals surface area contributed by atoms with Crippen molar-refractivity contribution >= 4 is 30.8 Å². The number of nitrogen functional groups attached to an aromatic ring is 1. The summed E-state index contributed by atoms with van der Waals surface area (Å²) < 4.78 is 26.4. The van der Waals surface area contributed by atoms with Gasteiger partial charge in [-0.3, -0.25) is 9.32 Å². The smallest absolute Gasteiger partial charge is 0.459 e. The van der Waals surface area contributed by atoms with Crippen molar-refractivity contribution < 1.29 is 23.5 Å². The van der Waals surface area contributed by atoms with Gasteiger partial charge in [-0.05, 0) is 25.5 Å². The largest absolute Gasteiger partial charge is 0.480 e. The number of benzene rings is 1. The Morgan fingerprint density at radius 1 is 1.34 bits per heavy atom. The van der Waals surface area contributed by atoms with Gasteiger partial charge in [-0.2, -0.15) is 10.1 Å². The first-order chi connectivity index (χ1) is 15.3. The van der Waals surface area contributed by atoms with E-state index in [1.54, 1.807) is 42.9 Å². The number of carbonyl (C=O) groups is 1. The minimum atomic E-state index is -3.95. The van der Waals surface area contributed by atoms with Gasteiger partial charge >= 0.3 is 13.7 Å². The van der Waals surface area contributed by atoms with Crippen molar-refractivity contribution in [2.24, 2.45) is 5.92 Å². The van der Waals surface area contributed by atoms with Gasteiger partial charge in [0.05, 0.1) is 25.2 Å². The molecule has 3 aromatic rings. The lowest BCUT2D eigenvalue weighted by molar-refractivity contribution is -0.138. The average Bonchev–Trinajstić information content (AvgIpc) is 3.39. The van der Waals surface area contributed by atoms with E-state index in [0.29, 0.717) is 23.3 Å². The number of hydrogen-bond acceptors (Lipinski definition) is 8. The molecule has 4 rings (SSSR count). The Kier molecular flexibility index (Phi) is 6.22. The fourth-order valence-electron chi connectivity index (χ4n) is 3.36. The lowest BCUT2D eigenvalue weighted by Gasteiger charge is -2.23. The van der Waals surface area contributed by atoms with Gasteiger partial charge in [0, 0.05) is 5.92 Å². The molecule has 1 aliphatic rings. The van der Waals surface area contributed by atoms with E-state index >= 15 is 0 Å². The van der Waals surface area contributed by atoms with E-state index in [4.69, 9.17) is 14.8 Å². The van der Waals surface area contributed by atoms with Crippen LogP contribution in [0.4, 0.5) is 5.95 Å². The molecule has 1 aliphatic carbocycles. The predicted molar refractivity (Wildman–Crippen MR) is 117 cm³/mol. The number of hydrogen-bond donors (Lipinski definition) is 3. The summed E-state index contributed by atoms with van der Waals surface area (Å²) in [6.45, 7) is 1.44. The molecular weight excluding hydrogens is 435 g/mol. The molecule has 2 aromatic heterocycles. The lowest BCUT2D eigenvalue weighted by atomic mass is 10.1. The molecule has 0 saturated carbocycles. The van der Waals surface area contributed by atoms with Gasteiger partial charge in [0.15, 0.2) is 5.65 Å². The normalized spacial score (nSPS) is 20.8. The SMILES string of the molecule is C[C@H](NP(=O)(OC[C@@H]1C=C[C@H](n2cnc3cnc(N)nc32)C1)Oc1ccccc1)C(=O)O. The van der Waals surface area contributed by atoms with Crippen LogP contribution in [0, 0.1) is 5.92 Å². The molecule has 0 saturated heterocycles. The number of nitrogens with one attached hydrogen (secondary N) is 1. The van der Waals surface area contributed by atoms with Crippen LogP contribution >= 0.6 is 7.75 Å².